The molecule has 17 heavy (non-hydrogen) atoms. The summed E-state index contributed by atoms with van der Waals surface area (Å²) in [4.78, 5) is 0. The Morgan fingerprint density at radius 1 is 1.35 bits per heavy atom. The molecule has 0 amide bonds. The van der Waals surface area contributed by atoms with Crippen LogP contribution < -0.4 is 5.73 Å². The first-order valence-corrected chi connectivity index (χ1v) is 7.43. The summed E-state index contributed by atoms with van der Waals surface area (Å²) in [5, 5.41) is 1.35. The summed E-state index contributed by atoms with van der Waals surface area (Å²) in [7, 11) is 0. The molecule has 1 aromatic carbocycles. The molecule has 0 saturated heterocycles. The van der Waals surface area contributed by atoms with Crippen molar-refractivity contribution in [3.63, 3.8) is 0 Å². The molecule has 0 aliphatic heterocycles. The van der Waals surface area contributed by atoms with Crippen LogP contribution in [0.1, 0.15) is 12.5 Å². The van der Waals surface area contributed by atoms with E-state index in [0.717, 1.165) is 18.7 Å². The SMILES string of the molecule is CSCCn1cc(CC(C)N)c2ccccc21. The van der Waals surface area contributed by atoms with E-state index < -0.39 is 0 Å². The molecule has 2 nitrogen and oxygen atoms in total. The Morgan fingerprint density at radius 3 is 2.82 bits per heavy atom. The first-order valence-electron chi connectivity index (χ1n) is 6.03. The molecule has 0 fully saturated rings. The van der Waals surface area contributed by atoms with Crippen LogP contribution in [0.3, 0.4) is 0 Å². The molecule has 0 saturated carbocycles. The molecule has 1 unspecified atom stereocenters. The van der Waals surface area contributed by atoms with Crippen LogP contribution >= 0.6 is 11.8 Å². The molecule has 0 aliphatic rings. The third-order valence-electron chi connectivity index (χ3n) is 2.95. The standard InChI is InChI=1S/C14H20N2S/c1-11(15)9-12-10-16(7-8-17-2)14-6-4-3-5-13(12)14/h3-6,10-11H,7-9,15H2,1-2H3. The van der Waals surface area contributed by atoms with Crippen molar-refractivity contribution in [2.45, 2.75) is 25.9 Å². The zero-order valence-corrected chi connectivity index (χ0v) is 11.3. The van der Waals surface area contributed by atoms with E-state index >= 15 is 0 Å². The minimum Gasteiger partial charge on any atom is -0.346 e. The zero-order valence-electron chi connectivity index (χ0n) is 10.5. The van der Waals surface area contributed by atoms with Crippen LogP contribution in [0.15, 0.2) is 30.5 Å². The smallest absolute Gasteiger partial charge is 0.0483 e. The summed E-state index contributed by atoms with van der Waals surface area (Å²) in [6.07, 6.45) is 5.37. The first kappa shape index (κ1) is 12.5. The van der Waals surface area contributed by atoms with Gasteiger partial charge in [0, 0.05) is 35.4 Å². The predicted octanol–water partition coefficient (Wildman–Crippen LogP) is 2.89. The molecule has 0 spiro atoms. The zero-order chi connectivity index (χ0) is 12.3. The van der Waals surface area contributed by atoms with Crippen LogP contribution in [0.5, 0.6) is 0 Å². The topological polar surface area (TPSA) is 30.9 Å². The molecule has 2 N–H and O–H groups in total. The maximum atomic E-state index is 5.91. The lowest BCUT2D eigenvalue weighted by molar-refractivity contribution is 0.732. The Morgan fingerprint density at radius 2 is 2.12 bits per heavy atom. The number of thioether (sulfide) groups is 1. The van der Waals surface area contributed by atoms with Gasteiger partial charge in [-0.05, 0) is 31.2 Å². The van der Waals surface area contributed by atoms with Gasteiger partial charge in [0.2, 0.25) is 0 Å². The lowest BCUT2D eigenvalue weighted by Gasteiger charge is -2.03. The van der Waals surface area contributed by atoms with Crippen molar-refractivity contribution >= 4 is 22.7 Å². The largest absolute Gasteiger partial charge is 0.346 e. The predicted molar refractivity (Wildman–Crippen MR) is 77.7 cm³/mol. The second-order valence-corrected chi connectivity index (χ2v) is 5.52. The molecule has 2 aromatic rings. The summed E-state index contributed by atoms with van der Waals surface area (Å²) in [5.74, 6) is 1.15. The number of fused-ring (bicyclic) bond motifs is 1. The monoisotopic (exact) mass is 248 g/mol. The highest BCUT2D eigenvalue weighted by atomic mass is 32.2. The van der Waals surface area contributed by atoms with Gasteiger partial charge >= 0.3 is 0 Å². The third-order valence-corrected chi connectivity index (χ3v) is 3.54. The molecule has 1 atom stereocenters. The number of hydrogen-bond donors (Lipinski definition) is 1. The maximum absolute atomic E-state index is 5.91. The van der Waals surface area contributed by atoms with Crippen molar-refractivity contribution in [1.82, 2.24) is 4.57 Å². The van der Waals surface area contributed by atoms with Crippen LogP contribution in [0.4, 0.5) is 0 Å². The van der Waals surface area contributed by atoms with E-state index in [1.54, 1.807) is 0 Å². The Balaban J connectivity index is 2.39. The van der Waals surface area contributed by atoms with Gasteiger partial charge in [-0.1, -0.05) is 18.2 Å². The summed E-state index contributed by atoms with van der Waals surface area (Å²) in [6.45, 7) is 3.13. The van der Waals surface area contributed by atoms with Crippen LogP contribution in [0.2, 0.25) is 0 Å². The second-order valence-electron chi connectivity index (χ2n) is 4.54. The van der Waals surface area contributed by atoms with Crippen molar-refractivity contribution in [2.24, 2.45) is 5.73 Å². The van der Waals surface area contributed by atoms with E-state index in [0.29, 0.717) is 0 Å². The molecule has 3 heteroatoms. The molecule has 1 aromatic heterocycles. The van der Waals surface area contributed by atoms with Crippen molar-refractivity contribution < 1.29 is 0 Å². The van der Waals surface area contributed by atoms with E-state index in [1.807, 2.05) is 11.8 Å². The molecule has 0 radical (unpaired) electrons. The van der Waals surface area contributed by atoms with Crippen molar-refractivity contribution in [3.8, 4) is 0 Å². The van der Waals surface area contributed by atoms with Gasteiger partial charge in [-0.2, -0.15) is 11.8 Å². The number of para-hydroxylation sites is 1. The molecular weight excluding hydrogens is 228 g/mol. The summed E-state index contributed by atoms with van der Waals surface area (Å²) in [5.41, 5.74) is 8.61. The fourth-order valence-corrected chi connectivity index (χ4v) is 2.59. The van der Waals surface area contributed by atoms with Gasteiger partial charge in [0.05, 0.1) is 0 Å². The summed E-state index contributed by atoms with van der Waals surface area (Å²) >= 11 is 1.88. The fourth-order valence-electron chi connectivity index (χ4n) is 2.21. The summed E-state index contributed by atoms with van der Waals surface area (Å²) < 4.78 is 2.35. The number of hydrogen-bond acceptors (Lipinski definition) is 2. The van der Waals surface area contributed by atoms with Gasteiger partial charge in [-0.3, -0.25) is 0 Å². The van der Waals surface area contributed by atoms with E-state index in [2.05, 4.69) is 48.2 Å². The molecule has 0 aliphatic carbocycles. The lowest BCUT2D eigenvalue weighted by Crippen LogP contribution is -2.17. The highest BCUT2D eigenvalue weighted by Crippen LogP contribution is 2.22. The van der Waals surface area contributed by atoms with Gasteiger partial charge in [-0.15, -0.1) is 0 Å². The highest BCUT2D eigenvalue weighted by molar-refractivity contribution is 7.98. The van der Waals surface area contributed by atoms with Crippen molar-refractivity contribution in [3.05, 3.63) is 36.0 Å². The Labute approximate surface area is 107 Å². The van der Waals surface area contributed by atoms with Gasteiger partial charge in [0.25, 0.3) is 0 Å². The average molecular weight is 248 g/mol. The van der Waals surface area contributed by atoms with Gasteiger partial charge in [0.15, 0.2) is 0 Å². The Kier molecular flexibility index (Phi) is 4.13. The van der Waals surface area contributed by atoms with E-state index in [4.69, 9.17) is 5.73 Å². The fraction of sp³-hybridized carbons (Fsp3) is 0.429. The number of aryl methyl sites for hydroxylation is 1. The molecule has 1 heterocycles. The van der Waals surface area contributed by atoms with Gasteiger partial charge < -0.3 is 10.3 Å². The molecule has 2 rings (SSSR count). The number of nitrogens with two attached hydrogens (primary N) is 1. The summed E-state index contributed by atoms with van der Waals surface area (Å²) in [6, 6.07) is 8.82. The maximum Gasteiger partial charge on any atom is 0.0483 e. The highest BCUT2D eigenvalue weighted by Gasteiger charge is 2.08. The Bertz CT molecular complexity index is 488. The van der Waals surface area contributed by atoms with Gasteiger partial charge in [-0.25, -0.2) is 0 Å². The number of nitrogens with zero attached hydrogens (tertiary/aromatic N) is 1. The van der Waals surface area contributed by atoms with E-state index in [9.17, 15) is 0 Å². The number of aromatic nitrogens is 1. The van der Waals surface area contributed by atoms with Crippen molar-refractivity contribution in [2.75, 3.05) is 12.0 Å². The van der Waals surface area contributed by atoms with E-state index in [-0.39, 0.29) is 6.04 Å². The second kappa shape index (κ2) is 5.61. The third kappa shape index (κ3) is 2.85. The van der Waals surface area contributed by atoms with Crippen LogP contribution in [-0.4, -0.2) is 22.6 Å². The van der Waals surface area contributed by atoms with Crippen molar-refractivity contribution in [1.29, 1.82) is 0 Å². The Hall–Kier alpha value is -0.930. The average Bonchev–Trinajstić information content (AvgIpc) is 2.65. The minimum atomic E-state index is 0.217. The minimum absolute atomic E-state index is 0.217. The van der Waals surface area contributed by atoms with Crippen LogP contribution in [0.25, 0.3) is 10.9 Å². The quantitative estimate of drug-likeness (QED) is 0.882. The first-order chi connectivity index (χ1) is 8.22. The molecular formula is C14H20N2S. The van der Waals surface area contributed by atoms with Crippen LogP contribution in [-0.2, 0) is 13.0 Å². The molecule has 0 bridgehead atoms. The number of benzene rings is 1. The molecule has 92 valence electrons. The lowest BCUT2D eigenvalue weighted by atomic mass is 10.1. The van der Waals surface area contributed by atoms with E-state index in [1.165, 1.54) is 16.5 Å². The van der Waals surface area contributed by atoms with Gasteiger partial charge in [0.1, 0.15) is 0 Å². The normalized spacial score (nSPS) is 13.1. The number of rotatable bonds is 5. The van der Waals surface area contributed by atoms with Crippen LogP contribution in [0, 0.1) is 0 Å².